The highest BCUT2D eigenvalue weighted by Gasteiger charge is 2.22. The summed E-state index contributed by atoms with van der Waals surface area (Å²) in [5, 5.41) is 5.47. The van der Waals surface area contributed by atoms with Crippen molar-refractivity contribution in [1.82, 2.24) is 15.6 Å². The van der Waals surface area contributed by atoms with E-state index in [9.17, 15) is 9.59 Å². The van der Waals surface area contributed by atoms with Gasteiger partial charge in [-0.25, -0.2) is 0 Å². The first-order chi connectivity index (χ1) is 7.74. The van der Waals surface area contributed by atoms with Crippen LogP contribution in [0, 0.1) is 0 Å². The third-order valence-electron chi connectivity index (χ3n) is 2.41. The van der Waals surface area contributed by atoms with Crippen LogP contribution in [0.1, 0.15) is 12.1 Å². The number of rotatable bonds is 3. The Labute approximate surface area is 93.3 Å². The smallest absolute Gasteiger partial charge is 0.226 e. The fraction of sp³-hybridized carbons (Fsp3) is 0.364. The standard InChI is InChI=1S/C11H13N3O2/c15-10-6-9(7-13-10)14-11(16)5-8-3-1-2-4-12-8/h1-4,9H,5-7H2,(H,13,15)(H,14,16). The van der Waals surface area contributed by atoms with E-state index in [1.165, 1.54) is 0 Å². The van der Waals surface area contributed by atoms with E-state index in [0.717, 1.165) is 5.69 Å². The zero-order chi connectivity index (χ0) is 11.4. The Morgan fingerprint density at radius 2 is 2.44 bits per heavy atom. The molecule has 5 nitrogen and oxygen atoms in total. The van der Waals surface area contributed by atoms with E-state index < -0.39 is 0 Å². The zero-order valence-corrected chi connectivity index (χ0v) is 8.77. The number of amides is 2. The van der Waals surface area contributed by atoms with Crippen LogP contribution in [0.5, 0.6) is 0 Å². The van der Waals surface area contributed by atoms with Crippen molar-refractivity contribution in [3.8, 4) is 0 Å². The summed E-state index contributed by atoms with van der Waals surface area (Å²) in [7, 11) is 0. The number of aromatic nitrogens is 1. The SMILES string of the molecule is O=C1CC(NC(=O)Cc2ccccn2)CN1. The number of pyridine rings is 1. The molecule has 2 heterocycles. The van der Waals surface area contributed by atoms with Crippen molar-refractivity contribution < 1.29 is 9.59 Å². The van der Waals surface area contributed by atoms with E-state index in [4.69, 9.17) is 0 Å². The number of nitrogens with zero attached hydrogens (tertiary/aromatic N) is 1. The Bertz CT molecular complexity index is 391. The Morgan fingerprint density at radius 1 is 1.56 bits per heavy atom. The predicted molar refractivity (Wildman–Crippen MR) is 57.5 cm³/mol. The summed E-state index contributed by atoms with van der Waals surface area (Å²) in [6.45, 7) is 0.521. The Hall–Kier alpha value is -1.91. The van der Waals surface area contributed by atoms with Crippen molar-refractivity contribution in [2.45, 2.75) is 18.9 Å². The van der Waals surface area contributed by atoms with Gasteiger partial charge in [0.25, 0.3) is 0 Å². The molecule has 1 aromatic heterocycles. The second-order valence-electron chi connectivity index (χ2n) is 3.77. The molecule has 0 aliphatic carbocycles. The molecule has 1 atom stereocenters. The first-order valence-corrected chi connectivity index (χ1v) is 5.20. The quantitative estimate of drug-likeness (QED) is 0.728. The second-order valence-corrected chi connectivity index (χ2v) is 3.77. The average molecular weight is 219 g/mol. The predicted octanol–water partition coefficient (Wildman–Crippen LogP) is -0.371. The van der Waals surface area contributed by atoms with E-state index in [1.54, 1.807) is 18.3 Å². The first-order valence-electron chi connectivity index (χ1n) is 5.20. The zero-order valence-electron chi connectivity index (χ0n) is 8.77. The summed E-state index contributed by atoms with van der Waals surface area (Å²) >= 11 is 0. The van der Waals surface area contributed by atoms with E-state index in [-0.39, 0.29) is 24.3 Å². The fourth-order valence-electron chi connectivity index (χ4n) is 1.65. The summed E-state index contributed by atoms with van der Waals surface area (Å²) in [5.74, 6) is -0.108. The van der Waals surface area contributed by atoms with E-state index in [2.05, 4.69) is 15.6 Å². The number of hydrogen-bond acceptors (Lipinski definition) is 3. The first kappa shape index (κ1) is 10.6. The van der Waals surface area contributed by atoms with Gasteiger partial charge in [0.05, 0.1) is 12.5 Å². The van der Waals surface area contributed by atoms with E-state index >= 15 is 0 Å². The van der Waals surface area contributed by atoms with Gasteiger partial charge in [-0.2, -0.15) is 0 Å². The second kappa shape index (κ2) is 4.74. The van der Waals surface area contributed by atoms with Gasteiger partial charge < -0.3 is 10.6 Å². The molecular weight excluding hydrogens is 206 g/mol. The van der Waals surface area contributed by atoms with Crippen LogP contribution >= 0.6 is 0 Å². The maximum Gasteiger partial charge on any atom is 0.226 e. The van der Waals surface area contributed by atoms with Crippen LogP contribution in [-0.4, -0.2) is 29.4 Å². The molecule has 0 aromatic carbocycles. The maximum absolute atomic E-state index is 11.6. The van der Waals surface area contributed by atoms with Gasteiger partial charge in [-0.15, -0.1) is 0 Å². The highest BCUT2D eigenvalue weighted by molar-refractivity contribution is 5.82. The average Bonchev–Trinajstić information content (AvgIpc) is 2.65. The molecule has 1 unspecified atom stereocenters. The van der Waals surface area contributed by atoms with Gasteiger partial charge in [0.15, 0.2) is 0 Å². The van der Waals surface area contributed by atoms with Crippen molar-refractivity contribution in [2.75, 3.05) is 6.54 Å². The van der Waals surface area contributed by atoms with E-state index in [0.29, 0.717) is 13.0 Å². The lowest BCUT2D eigenvalue weighted by Crippen LogP contribution is -2.37. The number of carbonyl (C=O) groups is 2. The third-order valence-corrected chi connectivity index (χ3v) is 2.41. The lowest BCUT2D eigenvalue weighted by atomic mass is 10.2. The molecule has 0 bridgehead atoms. The van der Waals surface area contributed by atoms with Crippen molar-refractivity contribution in [3.63, 3.8) is 0 Å². The molecule has 0 spiro atoms. The molecule has 2 N–H and O–H groups in total. The molecule has 2 rings (SSSR count). The maximum atomic E-state index is 11.6. The van der Waals surface area contributed by atoms with Crippen molar-refractivity contribution in [1.29, 1.82) is 0 Å². The third kappa shape index (κ3) is 2.79. The number of carbonyl (C=O) groups excluding carboxylic acids is 2. The topological polar surface area (TPSA) is 71.1 Å². The molecule has 1 aliphatic heterocycles. The van der Waals surface area contributed by atoms with E-state index in [1.807, 2.05) is 6.07 Å². The van der Waals surface area contributed by atoms with Crippen LogP contribution in [0.4, 0.5) is 0 Å². The van der Waals surface area contributed by atoms with Crippen molar-refractivity contribution >= 4 is 11.8 Å². The summed E-state index contributed by atoms with van der Waals surface area (Å²) in [5.41, 5.74) is 0.734. The minimum atomic E-state index is -0.0970. The largest absolute Gasteiger partial charge is 0.354 e. The molecule has 16 heavy (non-hydrogen) atoms. The molecule has 2 amide bonds. The molecule has 1 aromatic rings. The molecule has 1 saturated heterocycles. The van der Waals surface area contributed by atoms with Gasteiger partial charge in [0.2, 0.25) is 11.8 Å². The summed E-state index contributed by atoms with van der Waals surface area (Å²) < 4.78 is 0. The minimum Gasteiger partial charge on any atom is -0.354 e. The Morgan fingerprint density at radius 3 is 3.06 bits per heavy atom. The lowest BCUT2D eigenvalue weighted by molar-refractivity contribution is -0.121. The van der Waals surface area contributed by atoms with Crippen molar-refractivity contribution in [3.05, 3.63) is 30.1 Å². The normalized spacial score (nSPS) is 19.2. The van der Waals surface area contributed by atoms with Gasteiger partial charge in [0.1, 0.15) is 0 Å². The van der Waals surface area contributed by atoms with Crippen molar-refractivity contribution in [2.24, 2.45) is 0 Å². The van der Waals surface area contributed by atoms with Crippen LogP contribution in [0.15, 0.2) is 24.4 Å². The van der Waals surface area contributed by atoms with Gasteiger partial charge >= 0.3 is 0 Å². The van der Waals surface area contributed by atoms with Gasteiger partial charge in [-0.3, -0.25) is 14.6 Å². The molecule has 1 aliphatic rings. The van der Waals surface area contributed by atoms with Gasteiger partial charge in [-0.1, -0.05) is 6.07 Å². The molecular formula is C11H13N3O2. The van der Waals surface area contributed by atoms with Crippen LogP contribution in [0.2, 0.25) is 0 Å². The fourth-order valence-corrected chi connectivity index (χ4v) is 1.65. The summed E-state index contributed by atoms with van der Waals surface area (Å²) in [6.07, 6.45) is 2.28. The molecule has 5 heteroatoms. The Kier molecular flexibility index (Phi) is 3.14. The Balaban J connectivity index is 1.83. The minimum absolute atomic E-state index is 0.0110. The summed E-state index contributed by atoms with van der Waals surface area (Å²) in [6, 6.07) is 5.37. The highest BCUT2D eigenvalue weighted by atomic mass is 16.2. The number of nitrogens with one attached hydrogen (secondary N) is 2. The summed E-state index contributed by atoms with van der Waals surface area (Å²) in [4.78, 5) is 26.6. The molecule has 84 valence electrons. The van der Waals surface area contributed by atoms with Crippen LogP contribution in [-0.2, 0) is 16.0 Å². The van der Waals surface area contributed by atoms with Gasteiger partial charge in [0, 0.05) is 24.9 Å². The molecule has 0 radical (unpaired) electrons. The monoisotopic (exact) mass is 219 g/mol. The number of hydrogen-bond donors (Lipinski definition) is 2. The molecule has 1 fully saturated rings. The van der Waals surface area contributed by atoms with Crippen LogP contribution < -0.4 is 10.6 Å². The van der Waals surface area contributed by atoms with Crippen LogP contribution in [0.3, 0.4) is 0 Å². The lowest BCUT2D eigenvalue weighted by Gasteiger charge is -2.09. The molecule has 0 saturated carbocycles. The van der Waals surface area contributed by atoms with Gasteiger partial charge in [-0.05, 0) is 12.1 Å². The highest BCUT2D eigenvalue weighted by Crippen LogP contribution is 2.00. The van der Waals surface area contributed by atoms with Crippen LogP contribution in [0.25, 0.3) is 0 Å².